The second-order valence-electron chi connectivity index (χ2n) is 9.89. The molecule has 0 aliphatic heterocycles. The summed E-state index contributed by atoms with van der Waals surface area (Å²) in [5.74, 6) is 0.0658. The van der Waals surface area contributed by atoms with Crippen molar-refractivity contribution in [1.82, 2.24) is 0 Å². The van der Waals surface area contributed by atoms with Crippen molar-refractivity contribution in [1.29, 1.82) is 0 Å². The van der Waals surface area contributed by atoms with Crippen LogP contribution in [0.4, 0.5) is 0 Å². The lowest BCUT2D eigenvalue weighted by molar-refractivity contribution is -0.123. The molecule has 0 amide bonds. The van der Waals surface area contributed by atoms with Crippen molar-refractivity contribution in [3.05, 3.63) is 11.6 Å². The fourth-order valence-corrected chi connectivity index (χ4v) is 4.57. The molecule has 1 aliphatic rings. The molecule has 0 bridgehead atoms. The van der Waals surface area contributed by atoms with E-state index in [0.717, 1.165) is 5.57 Å². The predicted molar refractivity (Wildman–Crippen MR) is 103 cm³/mol. The summed E-state index contributed by atoms with van der Waals surface area (Å²) in [6, 6.07) is 0. The minimum absolute atomic E-state index is 0.0658. The van der Waals surface area contributed by atoms with Gasteiger partial charge in [-0.05, 0) is 54.8 Å². The minimum Gasteiger partial charge on any atom is -0.407 e. The first-order chi connectivity index (χ1) is 9.99. The molecular formula is C18H36O3Si2. The van der Waals surface area contributed by atoms with Gasteiger partial charge in [0.15, 0.2) is 22.4 Å². The largest absolute Gasteiger partial charge is 0.407 e. The van der Waals surface area contributed by atoms with Gasteiger partial charge in [-0.15, -0.1) is 0 Å². The van der Waals surface area contributed by atoms with Crippen LogP contribution in [0, 0.1) is 0 Å². The number of carbonyl (C=O) groups is 1. The van der Waals surface area contributed by atoms with Crippen molar-refractivity contribution in [3.8, 4) is 0 Å². The SMILES string of the molecule is CC1=CC(=O)[C@H](O[Si](C)(C)C(C)(C)C)[C@H]1O[Si](C)(C)C(C)(C)C. The molecule has 0 aromatic carbocycles. The van der Waals surface area contributed by atoms with Gasteiger partial charge in [0.2, 0.25) is 0 Å². The Bertz CT molecular complexity index is 493. The summed E-state index contributed by atoms with van der Waals surface area (Å²) in [6.45, 7) is 24.1. The highest BCUT2D eigenvalue weighted by Crippen LogP contribution is 2.42. The number of rotatable bonds is 4. The van der Waals surface area contributed by atoms with Crippen molar-refractivity contribution in [2.24, 2.45) is 0 Å². The highest BCUT2D eigenvalue weighted by atomic mass is 28.4. The number of carbonyl (C=O) groups excluding carboxylic acids is 1. The van der Waals surface area contributed by atoms with Crippen molar-refractivity contribution in [2.45, 2.75) is 96.9 Å². The maximum atomic E-state index is 12.5. The van der Waals surface area contributed by atoms with E-state index in [1.165, 1.54) is 0 Å². The third-order valence-electron chi connectivity index (χ3n) is 5.83. The first-order valence-corrected chi connectivity index (χ1v) is 14.4. The number of hydrogen-bond acceptors (Lipinski definition) is 3. The minimum atomic E-state index is -2.02. The van der Waals surface area contributed by atoms with Gasteiger partial charge in [-0.25, -0.2) is 0 Å². The Balaban J connectivity index is 3.06. The molecule has 134 valence electrons. The number of ketones is 1. The predicted octanol–water partition coefficient (Wildman–Crippen LogP) is 5.30. The molecule has 2 atom stereocenters. The van der Waals surface area contributed by atoms with E-state index in [9.17, 15) is 4.79 Å². The summed E-state index contributed by atoms with van der Waals surface area (Å²) in [4.78, 5) is 12.5. The van der Waals surface area contributed by atoms with Crippen LogP contribution in [0.2, 0.25) is 36.3 Å². The van der Waals surface area contributed by atoms with Crippen molar-refractivity contribution in [3.63, 3.8) is 0 Å². The van der Waals surface area contributed by atoms with E-state index in [2.05, 4.69) is 67.7 Å². The third kappa shape index (κ3) is 4.44. The standard InChI is InChI=1S/C18H36O3Si2/c1-13-12-14(19)16(21-23(10,11)18(5,6)7)15(13)20-22(8,9)17(2,3)4/h12,15-16H,1-11H3/t15-,16-/m0/s1. The van der Waals surface area contributed by atoms with E-state index in [1.807, 2.05) is 6.92 Å². The highest BCUT2D eigenvalue weighted by molar-refractivity contribution is 6.75. The normalized spacial score (nSPS) is 24.1. The average Bonchev–Trinajstić information content (AvgIpc) is 2.52. The molecule has 0 aromatic heterocycles. The maximum Gasteiger partial charge on any atom is 0.193 e. The van der Waals surface area contributed by atoms with E-state index in [4.69, 9.17) is 8.85 Å². The van der Waals surface area contributed by atoms with Crippen LogP contribution in [0.15, 0.2) is 11.6 Å². The second-order valence-corrected chi connectivity index (χ2v) is 19.4. The molecule has 1 rings (SSSR count). The van der Waals surface area contributed by atoms with E-state index >= 15 is 0 Å². The number of hydrogen-bond donors (Lipinski definition) is 0. The first kappa shape index (κ1) is 20.8. The lowest BCUT2D eigenvalue weighted by Crippen LogP contribution is -2.52. The van der Waals surface area contributed by atoms with Gasteiger partial charge < -0.3 is 8.85 Å². The quantitative estimate of drug-likeness (QED) is 0.641. The average molecular weight is 357 g/mol. The Morgan fingerprint density at radius 1 is 0.826 bits per heavy atom. The topological polar surface area (TPSA) is 35.5 Å². The van der Waals surface area contributed by atoms with Gasteiger partial charge >= 0.3 is 0 Å². The van der Waals surface area contributed by atoms with Crippen molar-refractivity contribution >= 4 is 22.4 Å². The van der Waals surface area contributed by atoms with Gasteiger partial charge in [-0.2, -0.15) is 0 Å². The highest BCUT2D eigenvalue weighted by Gasteiger charge is 2.48. The molecule has 0 fully saturated rings. The zero-order chi connectivity index (χ0) is 18.4. The van der Waals surface area contributed by atoms with Crippen LogP contribution in [0.3, 0.4) is 0 Å². The van der Waals surface area contributed by atoms with E-state index in [1.54, 1.807) is 6.08 Å². The van der Waals surface area contributed by atoms with Gasteiger partial charge in [0.05, 0.1) is 6.10 Å². The van der Waals surface area contributed by atoms with Crippen LogP contribution in [0.25, 0.3) is 0 Å². The van der Waals surface area contributed by atoms with E-state index in [-0.39, 0.29) is 22.0 Å². The molecule has 1 aliphatic carbocycles. The molecule has 0 spiro atoms. The van der Waals surface area contributed by atoms with Crippen LogP contribution < -0.4 is 0 Å². The van der Waals surface area contributed by atoms with Gasteiger partial charge in [-0.1, -0.05) is 41.5 Å². The van der Waals surface area contributed by atoms with E-state index < -0.39 is 22.7 Å². The lowest BCUT2D eigenvalue weighted by Gasteiger charge is -2.43. The summed E-state index contributed by atoms with van der Waals surface area (Å²) < 4.78 is 13.0. The molecule has 0 saturated carbocycles. The fourth-order valence-electron chi connectivity index (χ4n) is 2.04. The molecule has 0 unspecified atom stereocenters. The van der Waals surface area contributed by atoms with Crippen molar-refractivity contribution < 1.29 is 13.6 Å². The molecule has 0 radical (unpaired) electrons. The summed E-state index contributed by atoms with van der Waals surface area (Å²) in [7, 11) is -3.99. The molecule has 3 nitrogen and oxygen atoms in total. The zero-order valence-corrected chi connectivity index (χ0v) is 19.0. The lowest BCUT2D eigenvalue weighted by atomic mass is 10.2. The van der Waals surface area contributed by atoms with Crippen LogP contribution in [0.1, 0.15) is 48.5 Å². The van der Waals surface area contributed by atoms with Crippen LogP contribution >= 0.6 is 0 Å². The maximum absolute atomic E-state index is 12.5. The van der Waals surface area contributed by atoms with E-state index in [0.29, 0.717) is 0 Å². The van der Waals surface area contributed by atoms with Gasteiger partial charge in [-0.3, -0.25) is 4.79 Å². The summed E-state index contributed by atoms with van der Waals surface area (Å²) in [5.41, 5.74) is 1.00. The molecule has 0 N–H and O–H groups in total. The Morgan fingerprint density at radius 2 is 1.17 bits per heavy atom. The monoisotopic (exact) mass is 356 g/mol. The Morgan fingerprint density at radius 3 is 1.52 bits per heavy atom. The molecular weight excluding hydrogens is 320 g/mol. The summed E-state index contributed by atoms with van der Waals surface area (Å²) in [5, 5.41) is 0.186. The second kappa shape index (κ2) is 6.24. The van der Waals surface area contributed by atoms with Crippen LogP contribution in [-0.4, -0.2) is 34.6 Å². The Labute approximate surface area is 145 Å². The molecule has 23 heavy (non-hydrogen) atoms. The Kier molecular flexibility index (Phi) is 5.65. The van der Waals surface area contributed by atoms with Crippen molar-refractivity contribution in [2.75, 3.05) is 0 Å². The molecule has 5 heteroatoms. The third-order valence-corrected chi connectivity index (χ3v) is 14.7. The summed E-state index contributed by atoms with van der Waals surface area (Å²) >= 11 is 0. The van der Waals surface area contributed by atoms with Crippen LogP contribution in [0.5, 0.6) is 0 Å². The fraction of sp³-hybridized carbons (Fsp3) is 0.833. The molecule has 0 heterocycles. The molecule has 0 aromatic rings. The first-order valence-electron chi connectivity index (χ1n) is 8.57. The van der Waals surface area contributed by atoms with Gasteiger partial charge in [0.25, 0.3) is 0 Å². The molecule has 0 saturated heterocycles. The smallest absolute Gasteiger partial charge is 0.193 e. The Hall–Kier alpha value is -0.236. The van der Waals surface area contributed by atoms with Crippen LogP contribution in [-0.2, 0) is 13.6 Å². The summed E-state index contributed by atoms with van der Waals surface area (Å²) in [6.07, 6.45) is 1.03. The van der Waals surface area contributed by atoms with Gasteiger partial charge in [0, 0.05) is 0 Å². The zero-order valence-electron chi connectivity index (χ0n) is 17.0. The van der Waals surface area contributed by atoms with Gasteiger partial charge in [0.1, 0.15) is 6.10 Å².